The van der Waals surface area contributed by atoms with Gasteiger partial charge in [0.2, 0.25) is 17.7 Å². The summed E-state index contributed by atoms with van der Waals surface area (Å²) in [5, 5.41) is 27.3. The summed E-state index contributed by atoms with van der Waals surface area (Å²) in [6.45, 7) is 7.36. The number of benzene rings is 2. The molecule has 6 unspecified atom stereocenters. The molecule has 0 spiro atoms. The molecular weight excluding hydrogens is 512 g/mol. The van der Waals surface area contributed by atoms with Gasteiger partial charge in [-0.05, 0) is 41.5 Å². The van der Waals surface area contributed by atoms with Crippen LogP contribution in [0, 0.1) is 11.8 Å². The molecule has 0 aliphatic carbocycles. The van der Waals surface area contributed by atoms with Gasteiger partial charge < -0.3 is 31.9 Å². The van der Waals surface area contributed by atoms with Crippen LogP contribution in [0.4, 0.5) is 0 Å². The van der Waals surface area contributed by atoms with Crippen LogP contribution in [0.1, 0.15) is 51.7 Å². The van der Waals surface area contributed by atoms with E-state index in [1.165, 1.54) is 12.1 Å². The normalized spacial score (nSPS) is 15.5. The first-order valence-corrected chi connectivity index (χ1v) is 13.7. The van der Waals surface area contributed by atoms with Gasteiger partial charge in [-0.25, -0.2) is 4.79 Å². The minimum Gasteiger partial charge on any atom is -0.508 e. The monoisotopic (exact) mass is 554 g/mol. The maximum atomic E-state index is 13.5. The molecule has 10 nitrogen and oxygen atoms in total. The summed E-state index contributed by atoms with van der Waals surface area (Å²) in [4.78, 5) is 51.6. The van der Waals surface area contributed by atoms with Crippen molar-refractivity contribution in [3.63, 3.8) is 0 Å². The minimum atomic E-state index is -1.25. The molecule has 0 aliphatic rings. The Morgan fingerprint density at radius 3 is 1.70 bits per heavy atom. The molecule has 7 N–H and O–H groups in total. The average molecular weight is 555 g/mol. The molecule has 2 aromatic rings. The Bertz CT molecular complexity index is 1120. The Morgan fingerprint density at radius 1 is 0.725 bits per heavy atom. The predicted octanol–water partition coefficient (Wildman–Crippen LogP) is 2.14. The SMILES string of the molecule is CCC(C)C(NC(=O)C(N)Cc1ccccc1)C(=O)NC(C(=O)NC(Cc1ccc(O)cc1)C(=O)O)C(C)CC. The molecule has 2 aromatic carbocycles. The first kappa shape index (κ1) is 32.3. The largest absolute Gasteiger partial charge is 0.508 e. The molecule has 0 aliphatic heterocycles. The highest BCUT2D eigenvalue weighted by molar-refractivity contribution is 5.94. The average Bonchev–Trinajstić information content (AvgIpc) is 2.94. The lowest BCUT2D eigenvalue weighted by Crippen LogP contribution is -2.60. The number of carboxylic acid groups (broad SMARTS) is 1. The Hall–Kier alpha value is -3.92. The highest BCUT2D eigenvalue weighted by Gasteiger charge is 2.34. The number of aliphatic carboxylic acids is 1. The van der Waals surface area contributed by atoms with Crippen molar-refractivity contribution in [3.8, 4) is 5.75 Å². The van der Waals surface area contributed by atoms with E-state index in [0.717, 1.165) is 5.56 Å². The van der Waals surface area contributed by atoms with Gasteiger partial charge in [0.25, 0.3) is 0 Å². The van der Waals surface area contributed by atoms with Crippen LogP contribution in [-0.2, 0) is 32.0 Å². The van der Waals surface area contributed by atoms with Gasteiger partial charge in [-0.1, -0.05) is 83.0 Å². The second kappa shape index (κ2) is 15.6. The summed E-state index contributed by atoms with van der Waals surface area (Å²) in [6.07, 6.45) is 1.42. The number of nitrogens with one attached hydrogen (secondary N) is 3. The van der Waals surface area contributed by atoms with E-state index in [2.05, 4.69) is 16.0 Å². The van der Waals surface area contributed by atoms with Crippen molar-refractivity contribution < 1.29 is 29.4 Å². The summed E-state index contributed by atoms with van der Waals surface area (Å²) in [7, 11) is 0. The fourth-order valence-corrected chi connectivity index (χ4v) is 4.20. The van der Waals surface area contributed by atoms with Crippen molar-refractivity contribution in [2.24, 2.45) is 17.6 Å². The number of phenols is 1. The Kier molecular flexibility index (Phi) is 12.6. The second-order valence-electron chi connectivity index (χ2n) is 10.3. The lowest BCUT2D eigenvalue weighted by molar-refractivity contribution is -0.142. The third-order valence-electron chi connectivity index (χ3n) is 7.21. The third kappa shape index (κ3) is 9.68. The van der Waals surface area contributed by atoms with Crippen molar-refractivity contribution in [2.45, 2.75) is 77.5 Å². The number of amides is 3. The third-order valence-corrected chi connectivity index (χ3v) is 7.21. The van der Waals surface area contributed by atoms with Crippen LogP contribution in [0.5, 0.6) is 5.75 Å². The number of hydrogen-bond acceptors (Lipinski definition) is 6. The van der Waals surface area contributed by atoms with E-state index >= 15 is 0 Å². The number of phenolic OH excluding ortho intramolecular Hbond substituents is 1. The summed E-state index contributed by atoms with van der Waals surface area (Å²) in [5.41, 5.74) is 7.64. The number of rotatable bonds is 15. The van der Waals surface area contributed by atoms with Crippen molar-refractivity contribution in [1.29, 1.82) is 0 Å². The maximum Gasteiger partial charge on any atom is 0.326 e. The molecule has 2 rings (SSSR count). The van der Waals surface area contributed by atoms with Gasteiger partial charge in [0, 0.05) is 6.42 Å². The van der Waals surface area contributed by atoms with Crippen LogP contribution in [-0.4, -0.2) is 58.1 Å². The fourth-order valence-electron chi connectivity index (χ4n) is 4.20. The topological polar surface area (TPSA) is 171 Å². The number of nitrogens with two attached hydrogens (primary N) is 1. The second-order valence-corrected chi connectivity index (χ2v) is 10.3. The number of carbonyl (C=O) groups excluding carboxylic acids is 3. The predicted molar refractivity (Wildman–Crippen MR) is 152 cm³/mol. The summed E-state index contributed by atoms with van der Waals surface area (Å²) >= 11 is 0. The maximum absolute atomic E-state index is 13.5. The molecule has 40 heavy (non-hydrogen) atoms. The smallest absolute Gasteiger partial charge is 0.326 e. The molecular formula is C30H42N4O6. The molecule has 0 saturated heterocycles. The zero-order valence-corrected chi connectivity index (χ0v) is 23.6. The van der Waals surface area contributed by atoms with Crippen molar-refractivity contribution in [3.05, 3.63) is 65.7 Å². The van der Waals surface area contributed by atoms with E-state index in [-0.39, 0.29) is 24.0 Å². The number of hydrogen-bond donors (Lipinski definition) is 6. The minimum absolute atomic E-state index is 0.00657. The van der Waals surface area contributed by atoms with Crippen molar-refractivity contribution >= 4 is 23.7 Å². The van der Waals surface area contributed by atoms with E-state index < -0.39 is 47.9 Å². The summed E-state index contributed by atoms with van der Waals surface area (Å²) in [5.74, 6) is -3.41. The Morgan fingerprint density at radius 2 is 1.20 bits per heavy atom. The van der Waals surface area contributed by atoms with E-state index in [9.17, 15) is 29.4 Å². The van der Waals surface area contributed by atoms with E-state index in [0.29, 0.717) is 24.8 Å². The van der Waals surface area contributed by atoms with Crippen molar-refractivity contribution in [2.75, 3.05) is 0 Å². The van der Waals surface area contributed by atoms with Gasteiger partial charge in [0.15, 0.2) is 0 Å². The molecule has 6 atom stereocenters. The van der Waals surface area contributed by atoms with Gasteiger partial charge in [0.1, 0.15) is 23.9 Å². The molecule has 0 radical (unpaired) electrons. The first-order valence-electron chi connectivity index (χ1n) is 13.7. The summed E-state index contributed by atoms with van der Waals surface area (Å²) in [6, 6.07) is 11.3. The quantitative estimate of drug-likeness (QED) is 0.196. The molecule has 3 amide bonds. The molecule has 0 bridgehead atoms. The molecule has 0 fully saturated rings. The van der Waals surface area contributed by atoms with Crippen LogP contribution in [0.3, 0.4) is 0 Å². The molecule has 218 valence electrons. The highest BCUT2D eigenvalue weighted by atomic mass is 16.4. The Balaban J connectivity index is 2.15. The van der Waals surface area contributed by atoms with E-state index in [1.54, 1.807) is 19.1 Å². The van der Waals surface area contributed by atoms with Crippen LogP contribution in [0.2, 0.25) is 0 Å². The zero-order valence-electron chi connectivity index (χ0n) is 23.6. The standard InChI is InChI=1S/C30H42N4O6/c1-5-18(3)25(28(37)32-24(30(39)40)17-21-12-14-22(35)15-13-21)34-29(38)26(19(4)6-2)33-27(36)23(31)16-20-10-8-7-9-11-20/h7-15,18-19,23-26,35H,5-6,16-17,31H2,1-4H3,(H,32,37)(H,33,36)(H,34,38)(H,39,40). The lowest BCUT2D eigenvalue weighted by Gasteiger charge is -2.30. The van der Waals surface area contributed by atoms with Crippen LogP contribution in [0.15, 0.2) is 54.6 Å². The van der Waals surface area contributed by atoms with Crippen LogP contribution >= 0.6 is 0 Å². The highest BCUT2D eigenvalue weighted by Crippen LogP contribution is 2.15. The van der Waals surface area contributed by atoms with Crippen molar-refractivity contribution in [1.82, 2.24) is 16.0 Å². The molecule has 0 aromatic heterocycles. The number of carboxylic acids is 1. The first-order chi connectivity index (χ1) is 19.0. The van der Waals surface area contributed by atoms with Crippen LogP contribution in [0.25, 0.3) is 0 Å². The lowest BCUT2D eigenvalue weighted by atomic mass is 9.94. The van der Waals surface area contributed by atoms with Gasteiger partial charge in [-0.3, -0.25) is 14.4 Å². The summed E-state index contributed by atoms with van der Waals surface area (Å²) < 4.78 is 0. The molecule has 10 heteroatoms. The van der Waals surface area contributed by atoms with Gasteiger partial charge in [-0.2, -0.15) is 0 Å². The van der Waals surface area contributed by atoms with Gasteiger partial charge in [0.05, 0.1) is 6.04 Å². The van der Waals surface area contributed by atoms with Gasteiger partial charge in [-0.15, -0.1) is 0 Å². The van der Waals surface area contributed by atoms with Crippen LogP contribution < -0.4 is 21.7 Å². The van der Waals surface area contributed by atoms with E-state index in [4.69, 9.17) is 5.73 Å². The Labute approximate surface area is 235 Å². The number of carbonyl (C=O) groups is 4. The van der Waals surface area contributed by atoms with Gasteiger partial charge >= 0.3 is 5.97 Å². The zero-order chi connectivity index (χ0) is 29.8. The molecule has 0 saturated carbocycles. The fraction of sp³-hybridized carbons (Fsp3) is 0.467. The van der Waals surface area contributed by atoms with E-state index in [1.807, 2.05) is 51.1 Å². The molecule has 0 heterocycles. The number of aromatic hydroxyl groups is 1.